The van der Waals surface area contributed by atoms with Crippen LogP contribution in [-0.2, 0) is 20.1 Å². The summed E-state index contributed by atoms with van der Waals surface area (Å²) < 4.78 is 17.1. The minimum atomic E-state index is 0. The van der Waals surface area contributed by atoms with Crippen molar-refractivity contribution in [1.82, 2.24) is 19.1 Å². The molecule has 315 valence electrons. The number of aryl methyl sites for hydroxylation is 1. The van der Waals surface area contributed by atoms with Crippen LogP contribution in [-0.4, -0.2) is 19.1 Å². The Hall–Kier alpha value is -7.05. The van der Waals surface area contributed by atoms with Crippen LogP contribution < -0.4 is 0 Å². The fraction of sp³-hybridized carbons (Fsp3) is 0.123. The normalized spacial score (nSPS) is 11.7. The van der Waals surface area contributed by atoms with Crippen LogP contribution >= 0.6 is 0 Å². The molecule has 0 aliphatic rings. The van der Waals surface area contributed by atoms with Crippen molar-refractivity contribution in [3.63, 3.8) is 0 Å². The van der Waals surface area contributed by atoms with Gasteiger partial charge in [0.15, 0.2) is 0 Å². The van der Waals surface area contributed by atoms with Crippen molar-refractivity contribution in [3.8, 4) is 34.2 Å². The van der Waals surface area contributed by atoms with Gasteiger partial charge in [-0.3, -0.25) is 9.97 Å². The maximum Gasteiger partial charge on any atom is 0.135 e. The van der Waals surface area contributed by atoms with E-state index in [1.54, 1.807) is 0 Å². The summed E-state index contributed by atoms with van der Waals surface area (Å²) in [5, 5.41) is 4.34. The first kappa shape index (κ1) is 41.0. The summed E-state index contributed by atoms with van der Waals surface area (Å²) in [6, 6.07) is 62.9. The summed E-state index contributed by atoms with van der Waals surface area (Å²) in [7, 11) is 0. The first-order valence-corrected chi connectivity index (χ1v) is 21.6. The fourth-order valence-electron chi connectivity index (χ4n) is 9.13. The first-order valence-electron chi connectivity index (χ1n) is 21.6. The number of furan rings is 2. The maximum atomic E-state index is 6.37. The molecule has 0 unspecified atom stereocenters. The largest absolute Gasteiger partial charge is 0.501 e. The number of fused-ring (bicyclic) bond motifs is 8. The molecule has 4 aromatic heterocycles. The van der Waals surface area contributed by atoms with Gasteiger partial charge in [0.1, 0.15) is 16.7 Å². The average Bonchev–Trinajstić information content (AvgIpc) is 4.09. The molecule has 64 heavy (non-hydrogen) atoms. The molecule has 0 bridgehead atoms. The monoisotopic (exact) mass is 1010 g/mol. The number of para-hydroxylation sites is 7. The molecule has 6 nitrogen and oxygen atoms in total. The smallest absolute Gasteiger partial charge is 0.135 e. The zero-order valence-corrected chi connectivity index (χ0v) is 38.6. The third-order valence-electron chi connectivity index (χ3n) is 12.1. The standard InChI is InChI=1S/C32H19N2O2.C25H25N2.Ir/c1-19-17-30-24(21-10-3-6-15-28(21)35-30)18-27(19)34-26-14-5-4-13-25(26)33-32(34)23-12-8-11-22-20-9-2-7-16-29(20)36-31(22)23;1-17(2)20-13-10-14-21(18(3)4)24(20)27-23-16-9-8-15-22(23)26-25(27)19-11-6-5-7-12-19;/h2-11,13-18H,1H3;5-11,13-18H,1-4H3;/q2*-1;. The Labute approximate surface area is 385 Å². The average molecular weight is 1010 g/mol. The van der Waals surface area contributed by atoms with Crippen LogP contribution in [0.25, 0.3) is 100 Å². The second-order valence-electron chi connectivity index (χ2n) is 16.8. The fourth-order valence-corrected chi connectivity index (χ4v) is 9.13. The molecule has 8 aromatic carbocycles. The van der Waals surface area contributed by atoms with Crippen molar-refractivity contribution in [1.29, 1.82) is 0 Å². The van der Waals surface area contributed by atoms with Gasteiger partial charge in [-0.2, -0.15) is 0 Å². The van der Waals surface area contributed by atoms with Crippen LogP contribution in [0.4, 0.5) is 0 Å². The van der Waals surface area contributed by atoms with E-state index in [1.165, 1.54) is 16.8 Å². The van der Waals surface area contributed by atoms with Crippen molar-refractivity contribution >= 4 is 65.9 Å². The molecule has 0 aliphatic heterocycles. The third-order valence-corrected chi connectivity index (χ3v) is 12.1. The van der Waals surface area contributed by atoms with E-state index in [-0.39, 0.29) is 20.1 Å². The van der Waals surface area contributed by atoms with Gasteiger partial charge in [-0.05, 0) is 84.0 Å². The quantitative estimate of drug-likeness (QED) is 0.156. The Morgan fingerprint density at radius 2 is 1.09 bits per heavy atom. The van der Waals surface area contributed by atoms with Crippen molar-refractivity contribution in [3.05, 3.63) is 193 Å². The minimum Gasteiger partial charge on any atom is -0.501 e. The summed E-state index contributed by atoms with van der Waals surface area (Å²) in [5.74, 6) is 2.60. The number of hydrogen-bond donors (Lipinski definition) is 0. The molecule has 0 aliphatic carbocycles. The summed E-state index contributed by atoms with van der Waals surface area (Å²) in [6.45, 7) is 11.2. The number of aromatic nitrogens is 4. The van der Waals surface area contributed by atoms with E-state index in [1.807, 2.05) is 66.7 Å². The molecule has 12 aromatic rings. The number of imidazole rings is 2. The summed E-state index contributed by atoms with van der Waals surface area (Å²) >= 11 is 0. The Balaban J connectivity index is 0.000000156. The Morgan fingerprint density at radius 3 is 1.77 bits per heavy atom. The molecule has 4 heterocycles. The minimum absolute atomic E-state index is 0. The van der Waals surface area contributed by atoms with Crippen LogP contribution in [0.3, 0.4) is 0 Å². The molecular formula is C57H44IrN4O2-2. The van der Waals surface area contributed by atoms with Crippen molar-refractivity contribution < 1.29 is 28.9 Å². The number of nitrogens with zero attached hydrogens (tertiary/aromatic N) is 4. The van der Waals surface area contributed by atoms with Gasteiger partial charge < -0.3 is 18.0 Å². The first-order chi connectivity index (χ1) is 30.8. The van der Waals surface area contributed by atoms with Gasteiger partial charge in [0.05, 0.1) is 39.3 Å². The van der Waals surface area contributed by atoms with Crippen molar-refractivity contribution in [2.45, 2.75) is 46.5 Å². The third kappa shape index (κ3) is 6.84. The van der Waals surface area contributed by atoms with E-state index in [9.17, 15) is 0 Å². The molecular weight excluding hydrogens is 965 g/mol. The van der Waals surface area contributed by atoms with Gasteiger partial charge in [0.25, 0.3) is 0 Å². The molecule has 0 saturated heterocycles. The predicted molar refractivity (Wildman–Crippen MR) is 258 cm³/mol. The summed E-state index contributed by atoms with van der Waals surface area (Å²) in [4.78, 5) is 10.1. The Kier molecular flexibility index (Phi) is 10.6. The van der Waals surface area contributed by atoms with E-state index in [2.05, 4.69) is 153 Å². The van der Waals surface area contributed by atoms with Crippen LogP contribution in [0.15, 0.2) is 173 Å². The van der Waals surface area contributed by atoms with Crippen LogP contribution in [0.1, 0.15) is 56.2 Å². The van der Waals surface area contributed by atoms with Gasteiger partial charge in [-0.1, -0.05) is 118 Å². The second kappa shape index (κ2) is 16.6. The zero-order valence-electron chi connectivity index (χ0n) is 36.2. The summed E-state index contributed by atoms with van der Waals surface area (Å²) in [6.07, 6.45) is 0. The van der Waals surface area contributed by atoms with Gasteiger partial charge in [0.2, 0.25) is 0 Å². The topological polar surface area (TPSA) is 61.9 Å². The molecule has 0 amide bonds. The number of hydrogen-bond acceptors (Lipinski definition) is 4. The molecule has 0 atom stereocenters. The van der Waals surface area contributed by atoms with E-state index < -0.39 is 0 Å². The van der Waals surface area contributed by atoms with E-state index in [0.29, 0.717) is 11.8 Å². The zero-order chi connectivity index (χ0) is 42.8. The van der Waals surface area contributed by atoms with Gasteiger partial charge >= 0.3 is 0 Å². The SMILES string of the molecule is CC(C)c1cccc(C(C)C)c1-n1c(-c2[c-]cccc2)nc2ccccc21.Cc1cc2oc3ccccc3c2cc1-n1c(-c2[c-]ccc3c2oc2ccccc23)nc2ccccc21.[Ir]. The van der Waals surface area contributed by atoms with Gasteiger partial charge in [-0.25, -0.2) is 0 Å². The van der Waals surface area contributed by atoms with Crippen molar-refractivity contribution in [2.24, 2.45) is 0 Å². The Bertz CT molecular complexity index is 3640. The molecule has 0 saturated carbocycles. The van der Waals surface area contributed by atoms with Crippen LogP contribution in [0.2, 0.25) is 0 Å². The second-order valence-corrected chi connectivity index (χ2v) is 16.8. The van der Waals surface area contributed by atoms with Gasteiger partial charge in [0, 0.05) is 47.6 Å². The molecule has 0 N–H and O–H groups in total. The van der Waals surface area contributed by atoms with E-state index in [0.717, 1.165) is 100.0 Å². The van der Waals surface area contributed by atoms with E-state index >= 15 is 0 Å². The van der Waals surface area contributed by atoms with Crippen LogP contribution in [0.5, 0.6) is 0 Å². The summed E-state index contributed by atoms with van der Waals surface area (Å²) in [5.41, 5.74) is 15.5. The number of benzene rings is 8. The maximum absolute atomic E-state index is 6.37. The Morgan fingerprint density at radius 1 is 0.500 bits per heavy atom. The molecule has 0 spiro atoms. The van der Waals surface area contributed by atoms with Gasteiger partial charge in [-0.15, -0.1) is 54.1 Å². The molecule has 12 rings (SSSR count). The molecule has 1 radical (unpaired) electrons. The number of rotatable bonds is 6. The van der Waals surface area contributed by atoms with Crippen molar-refractivity contribution in [2.75, 3.05) is 0 Å². The van der Waals surface area contributed by atoms with Crippen LogP contribution in [0, 0.1) is 19.1 Å². The molecule has 0 fully saturated rings. The van der Waals surface area contributed by atoms with E-state index in [4.69, 9.17) is 18.8 Å². The molecule has 7 heteroatoms. The predicted octanol–water partition coefficient (Wildman–Crippen LogP) is 15.3.